The lowest BCUT2D eigenvalue weighted by Crippen LogP contribution is -2.52. The van der Waals surface area contributed by atoms with Crippen LogP contribution in [0.3, 0.4) is 0 Å². The number of benzene rings is 1. The Hall–Kier alpha value is -2.48. The van der Waals surface area contributed by atoms with Crippen LogP contribution in [0.4, 0.5) is 0 Å². The number of para-hydroxylation sites is 1. The molecule has 1 aromatic heterocycles. The first-order valence-electron chi connectivity index (χ1n) is 10.4. The molecule has 0 bridgehead atoms. The molecule has 1 fully saturated rings. The van der Waals surface area contributed by atoms with Gasteiger partial charge in [0.1, 0.15) is 11.8 Å². The molecule has 1 aliphatic rings. The smallest absolute Gasteiger partial charge is 0.276 e. The molecule has 0 aliphatic heterocycles. The number of aromatic nitrogens is 2. The zero-order valence-electron chi connectivity index (χ0n) is 18.1. The normalized spacial score (nSPS) is 15.6. The molecule has 1 aliphatic carbocycles. The zero-order valence-corrected chi connectivity index (χ0v) is 18.9. The second-order valence-electron chi connectivity index (χ2n) is 8.55. The molecular formula is C22H30N4O3S. The Kier molecular flexibility index (Phi) is 7.07. The third-order valence-electron chi connectivity index (χ3n) is 5.07. The molecule has 2 amide bonds. The summed E-state index contributed by atoms with van der Waals surface area (Å²) in [7, 11) is 0. The fourth-order valence-corrected chi connectivity index (χ4v) is 4.35. The van der Waals surface area contributed by atoms with E-state index in [-0.39, 0.29) is 23.6 Å². The Morgan fingerprint density at radius 2 is 1.97 bits per heavy atom. The number of nitrogens with zero attached hydrogens (tertiary/aromatic N) is 3. The van der Waals surface area contributed by atoms with Gasteiger partial charge in [0, 0.05) is 22.5 Å². The quantitative estimate of drug-likeness (QED) is 0.718. The highest BCUT2D eigenvalue weighted by Gasteiger charge is 2.40. The predicted molar refractivity (Wildman–Crippen MR) is 117 cm³/mol. The van der Waals surface area contributed by atoms with Gasteiger partial charge in [-0.1, -0.05) is 35.5 Å². The van der Waals surface area contributed by atoms with Crippen molar-refractivity contribution >= 4 is 23.3 Å². The molecule has 7 nitrogen and oxygen atoms in total. The van der Waals surface area contributed by atoms with Crippen molar-refractivity contribution in [3.63, 3.8) is 0 Å². The highest BCUT2D eigenvalue weighted by molar-refractivity contribution is 7.03. The van der Waals surface area contributed by atoms with Gasteiger partial charge in [0.15, 0.2) is 5.69 Å². The Morgan fingerprint density at radius 3 is 2.57 bits per heavy atom. The van der Waals surface area contributed by atoms with E-state index >= 15 is 0 Å². The van der Waals surface area contributed by atoms with Crippen LogP contribution in [-0.4, -0.2) is 44.5 Å². The summed E-state index contributed by atoms with van der Waals surface area (Å²) in [6.07, 6.45) is 3.79. The average Bonchev–Trinajstić information content (AvgIpc) is 3.39. The van der Waals surface area contributed by atoms with Crippen molar-refractivity contribution in [3.8, 4) is 5.75 Å². The summed E-state index contributed by atoms with van der Waals surface area (Å²) in [5, 5.41) is 8.70. The summed E-state index contributed by atoms with van der Waals surface area (Å²) in [6, 6.07) is 6.61. The molecule has 1 aromatic carbocycles. The molecule has 30 heavy (non-hydrogen) atoms. The van der Waals surface area contributed by atoms with Crippen molar-refractivity contribution < 1.29 is 14.3 Å². The van der Waals surface area contributed by atoms with Crippen molar-refractivity contribution in [1.82, 2.24) is 19.8 Å². The minimum atomic E-state index is -0.815. The molecule has 0 spiro atoms. The number of carbonyl (C=O) groups excluding carboxylic acids is 2. The van der Waals surface area contributed by atoms with Crippen molar-refractivity contribution in [1.29, 1.82) is 0 Å². The highest BCUT2D eigenvalue weighted by atomic mass is 32.1. The van der Waals surface area contributed by atoms with Gasteiger partial charge in [-0.25, -0.2) is 0 Å². The second kappa shape index (κ2) is 9.55. The van der Waals surface area contributed by atoms with Gasteiger partial charge in [0.2, 0.25) is 5.91 Å². The van der Waals surface area contributed by atoms with E-state index in [2.05, 4.69) is 14.9 Å². The standard InChI is InChI=1S/C22H30N4O3S/c1-5-29-18-13-9-8-12-16(18)19(20(27)23-22(2,3)4)26(15-10-6-7-11-15)21(28)17-14-30-25-24-17/h8-9,12-15,19H,5-7,10-11H2,1-4H3,(H,23,27)/t19-/m0/s1. The van der Waals surface area contributed by atoms with Crippen LogP contribution in [0, 0.1) is 0 Å². The first kappa shape index (κ1) is 22.2. The van der Waals surface area contributed by atoms with Gasteiger partial charge in [0.05, 0.1) is 6.61 Å². The van der Waals surface area contributed by atoms with E-state index in [4.69, 9.17) is 4.74 Å². The average molecular weight is 431 g/mol. The van der Waals surface area contributed by atoms with Crippen molar-refractivity contribution in [2.45, 2.75) is 71.0 Å². The fraction of sp³-hybridized carbons (Fsp3) is 0.545. The SMILES string of the molecule is CCOc1ccccc1[C@@H](C(=O)NC(C)(C)C)N(C(=O)c1csnn1)C1CCCC1. The topological polar surface area (TPSA) is 84.4 Å². The third-order valence-corrected chi connectivity index (χ3v) is 5.57. The maximum atomic E-state index is 13.6. The molecule has 0 radical (unpaired) electrons. The molecule has 1 N–H and O–H groups in total. The van der Waals surface area contributed by atoms with Gasteiger partial charge in [-0.2, -0.15) is 0 Å². The molecule has 162 valence electrons. The molecule has 1 saturated carbocycles. The van der Waals surface area contributed by atoms with E-state index in [9.17, 15) is 9.59 Å². The maximum absolute atomic E-state index is 13.6. The van der Waals surface area contributed by atoms with E-state index in [1.165, 1.54) is 0 Å². The van der Waals surface area contributed by atoms with Crippen molar-refractivity contribution in [3.05, 3.63) is 40.9 Å². The van der Waals surface area contributed by atoms with Crippen molar-refractivity contribution in [2.24, 2.45) is 0 Å². The molecule has 3 rings (SSSR count). The molecule has 0 unspecified atom stereocenters. The number of carbonyl (C=O) groups is 2. The van der Waals surface area contributed by atoms with Crippen molar-refractivity contribution in [2.75, 3.05) is 6.61 Å². The minimum Gasteiger partial charge on any atom is -0.494 e. The lowest BCUT2D eigenvalue weighted by atomic mass is 9.98. The largest absolute Gasteiger partial charge is 0.494 e. The number of hydrogen-bond acceptors (Lipinski definition) is 6. The predicted octanol–water partition coefficient (Wildman–Crippen LogP) is 3.98. The number of nitrogens with one attached hydrogen (secondary N) is 1. The third kappa shape index (κ3) is 5.16. The first-order valence-corrected chi connectivity index (χ1v) is 11.3. The zero-order chi connectivity index (χ0) is 21.7. The highest BCUT2D eigenvalue weighted by Crippen LogP contribution is 2.36. The summed E-state index contributed by atoms with van der Waals surface area (Å²) < 4.78 is 9.69. The van der Waals surface area contributed by atoms with Gasteiger partial charge in [-0.05, 0) is 58.1 Å². The Morgan fingerprint density at radius 1 is 1.27 bits per heavy atom. The summed E-state index contributed by atoms with van der Waals surface area (Å²) >= 11 is 1.13. The summed E-state index contributed by atoms with van der Waals surface area (Å²) in [6.45, 7) is 8.17. The lowest BCUT2D eigenvalue weighted by molar-refractivity contribution is -0.128. The number of hydrogen-bond donors (Lipinski definition) is 1. The van der Waals surface area contributed by atoms with Crippen LogP contribution in [0.2, 0.25) is 0 Å². The molecule has 2 aromatic rings. The molecular weight excluding hydrogens is 400 g/mol. The number of amides is 2. The maximum Gasteiger partial charge on any atom is 0.276 e. The number of rotatable bonds is 7. The lowest BCUT2D eigenvalue weighted by Gasteiger charge is -2.37. The molecule has 0 saturated heterocycles. The van der Waals surface area contributed by atoms with Crippen LogP contribution >= 0.6 is 11.5 Å². The van der Waals surface area contributed by atoms with Gasteiger partial charge < -0.3 is 15.0 Å². The van der Waals surface area contributed by atoms with E-state index in [0.717, 1.165) is 37.2 Å². The monoisotopic (exact) mass is 430 g/mol. The van der Waals surface area contributed by atoms with Crippen LogP contribution < -0.4 is 10.1 Å². The summed E-state index contributed by atoms with van der Waals surface area (Å²) in [4.78, 5) is 28.9. The first-order chi connectivity index (χ1) is 14.3. The van der Waals surface area contributed by atoms with Gasteiger partial charge in [0.25, 0.3) is 5.91 Å². The van der Waals surface area contributed by atoms with E-state index in [1.807, 2.05) is 52.0 Å². The molecule has 1 heterocycles. The number of ether oxygens (including phenoxy) is 1. The minimum absolute atomic E-state index is 0.0374. The second-order valence-corrected chi connectivity index (χ2v) is 9.16. The van der Waals surface area contributed by atoms with Crippen LogP contribution in [-0.2, 0) is 4.79 Å². The summed E-state index contributed by atoms with van der Waals surface area (Å²) in [5.74, 6) is 0.121. The van der Waals surface area contributed by atoms with Gasteiger partial charge in [-0.3, -0.25) is 9.59 Å². The fourth-order valence-electron chi connectivity index (χ4n) is 3.92. The van der Waals surface area contributed by atoms with Crippen LogP contribution in [0.1, 0.15) is 75.5 Å². The van der Waals surface area contributed by atoms with Crippen LogP contribution in [0.25, 0.3) is 0 Å². The van der Waals surface area contributed by atoms with E-state index < -0.39 is 11.6 Å². The Bertz CT molecular complexity index is 858. The van der Waals surface area contributed by atoms with E-state index in [1.54, 1.807) is 10.3 Å². The molecule has 8 heteroatoms. The van der Waals surface area contributed by atoms with Gasteiger partial charge >= 0.3 is 0 Å². The van der Waals surface area contributed by atoms with Gasteiger partial charge in [-0.15, -0.1) is 5.10 Å². The Balaban J connectivity index is 2.11. The van der Waals surface area contributed by atoms with Crippen LogP contribution in [0.5, 0.6) is 5.75 Å². The van der Waals surface area contributed by atoms with E-state index in [0.29, 0.717) is 17.9 Å². The summed E-state index contributed by atoms with van der Waals surface area (Å²) in [5.41, 5.74) is 0.515. The van der Waals surface area contributed by atoms with Crippen LogP contribution in [0.15, 0.2) is 29.6 Å². The molecule has 1 atom stereocenters. The Labute approximate surface area is 182 Å².